The lowest BCUT2D eigenvalue weighted by molar-refractivity contribution is -0.123. The second-order valence-corrected chi connectivity index (χ2v) is 6.55. The van der Waals surface area contributed by atoms with E-state index in [0.717, 1.165) is 32.4 Å². The first-order chi connectivity index (χ1) is 9.49. The normalized spacial score (nSPS) is 20.6. The van der Waals surface area contributed by atoms with Crippen LogP contribution in [0, 0.1) is 0 Å². The first kappa shape index (κ1) is 17.4. The minimum Gasteiger partial charge on any atom is -0.353 e. The molecule has 4 nitrogen and oxygen atoms in total. The summed E-state index contributed by atoms with van der Waals surface area (Å²) >= 11 is 0. The van der Waals surface area contributed by atoms with Gasteiger partial charge >= 0.3 is 0 Å². The topological polar surface area (TPSA) is 44.4 Å². The molecule has 20 heavy (non-hydrogen) atoms. The number of nitrogens with zero attached hydrogens (tertiary/aromatic N) is 1. The van der Waals surface area contributed by atoms with Crippen molar-refractivity contribution in [1.82, 2.24) is 15.5 Å². The summed E-state index contributed by atoms with van der Waals surface area (Å²) < 4.78 is 0. The van der Waals surface area contributed by atoms with E-state index in [-0.39, 0.29) is 11.4 Å². The highest BCUT2D eigenvalue weighted by Gasteiger charge is 2.28. The summed E-state index contributed by atoms with van der Waals surface area (Å²) in [7, 11) is 2.03. The number of carbonyl (C=O) groups excluding carboxylic acids is 1. The van der Waals surface area contributed by atoms with Crippen molar-refractivity contribution in [1.29, 1.82) is 0 Å². The van der Waals surface area contributed by atoms with Crippen molar-refractivity contribution in [2.45, 2.75) is 70.9 Å². The third-order valence-corrected chi connectivity index (χ3v) is 4.58. The fourth-order valence-electron chi connectivity index (χ4n) is 2.75. The van der Waals surface area contributed by atoms with Crippen LogP contribution in [0.5, 0.6) is 0 Å². The Kier molecular flexibility index (Phi) is 7.52. The molecule has 0 saturated carbocycles. The molecule has 0 aromatic heterocycles. The average Bonchev–Trinajstić information content (AvgIpc) is 2.42. The van der Waals surface area contributed by atoms with Gasteiger partial charge in [0.1, 0.15) is 0 Å². The third-order valence-electron chi connectivity index (χ3n) is 4.58. The number of rotatable bonds is 8. The molecular formula is C16H33N3O. The summed E-state index contributed by atoms with van der Waals surface area (Å²) in [4.78, 5) is 14.3. The highest BCUT2D eigenvalue weighted by molar-refractivity contribution is 5.78. The van der Waals surface area contributed by atoms with Crippen LogP contribution >= 0.6 is 0 Å². The SMILES string of the molecule is CCCCCC(C)NC(=O)CN1CCC(C)(NC)CC1. The molecule has 0 aromatic rings. The van der Waals surface area contributed by atoms with Crippen molar-refractivity contribution in [3.8, 4) is 0 Å². The van der Waals surface area contributed by atoms with Crippen LogP contribution in [0.4, 0.5) is 0 Å². The third kappa shape index (κ3) is 6.23. The van der Waals surface area contributed by atoms with Gasteiger partial charge in [-0.25, -0.2) is 0 Å². The quantitative estimate of drug-likeness (QED) is 0.671. The molecule has 118 valence electrons. The van der Waals surface area contributed by atoms with Gasteiger partial charge in [0.15, 0.2) is 0 Å². The summed E-state index contributed by atoms with van der Waals surface area (Å²) in [5, 5.41) is 6.51. The summed E-state index contributed by atoms with van der Waals surface area (Å²) in [6.07, 6.45) is 7.03. The molecule has 4 heteroatoms. The molecular weight excluding hydrogens is 250 g/mol. The van der Waals surface area contributed by atoms with Crippen LogP contribution in [0.15, 0.2) is 0 Å². The molecule has 1 unspecified atom stereocenters. The van der Waals surface area contributed by atoms with Crippen LogP contribution in [-0.4, -0.2) is 49.1 Å². The molecule has 0 radical (unpaired) electrons. The van der Waals surface area contributed by atoms with Crippen LogP contribution in [0.25, 0.3) is 0 Å². The minimum absolute atomic E-state index is 0.182. The Bertz CT molecular complexity index is 285. The Morgan fingerprint density at radius 2 is 1.95 bits per heavy atom. The number of amides is 1. The number of hydrogen-bond acceptors (Lipinski definition) is 3. The van der Waals surface area contributed by atoms with Crippen LogP contribution in [0.3, 0.4) is 0 Å². The van der Waals surface area contributed by atoms with E-state index in [1.54, 1.807) is 0 Å². The second-order valence-electron chi connectivity index (χ2n) is 6.55. The van der Waals surface area contributed by atoms with E-state index in [4.69, 9.17) is 0 Å². The zero-order chi connectivity index (χ0) is 15.0. The lowest BCUT2D eigenvalue weighted by Crippen LogP contribution is -2.52. The van der Waals surface area contributed by atoms with Gasteiger partial charge < -0.3 is 10.6 Å². The number of hydrogen-bond donors (Lipinski definition) is 2. The standard InChI is InChI=1S/C16H33N3O/c1-5-6-7-8-14(2)18-15(20)13-19-11-9-16(3,17-4)10-12-19/h14,17H,5-13H2,1-4H3,(H,18,20). The van der Waals surface area contributed by atoms with Gasteiger partial charge in [-0.05, 0) is 40.2 Å². The van der Waals surface area contributed by atoms with Crippen molar-refractivity contribution >= 4 is 5.91 Å². The molecule has 0 bridgehead atoms. The van der Waals surface area contributed by atoms with Crippen molar-refractivity contribution in [2.75, 3.05) is 26.7 Å². The number of unbranched alkanes of at least 4 members (excludes halogenated alkanes) is 2. The minimum atomic E-state index is 0.182. The van der Waals surface area contributed by atoms with E-state index >= 15 is 0 Å². The monoisotopic (exact) mass is 283 g/mol. The zero-order valence-corrected chi connectivity index (χ0v) is 13.8. The lowest BCUT2D eigenvalue weighted by atomic mass is 9.90. The first-order valence-electron chi connectivity index (χ1n) is 8.19. The van der Waals surface area contributed by atoms with Gasteiger partial charge in [-0.2, -0.15) is 0 Å². The predicted molar refractivity (Wildman–Crippen MR) is 84.9 cm³/mol. The Labute approximate surface area is 124 Å². The number of nitrogens with one attached hydrogen (secondary N) is 2. The number of carbonyl (C=O) groups is 1. The molecule has 1 aliphatic heterocycles. The fourth-order valence-corrected chi connectivity index (χ4v) is 2.75. The van der Waals surface area contributed by atoms with E-state index in [1.165, 1.54) is 19.3 Å². The predicted octanol–water partition coefficient (Wildman–Crippen LogP) is 2.15. The summed E-state index contributed by atoms with van der Waals surface area (Å²) in [5.74, 6) is 0.182. The Balaban J connectivity index is 2.20. The fraction of sp³-hybridized carbons (Fsp3) is 0.938. The average molecular weight is 283 g/mol. The van der Waals surface area contributed by atoms with E-state index in [9.17, 15) is 4.79 Å². The van der Waals surface area contributed by atoms with Gasteiger partial charge in [0.2, 0.25) is 5.91 Å². The molecule has 1 atom stereocenters. The molecule has 1 heterocycles. The molecule has 0 aliphatic carbocycles. The smallest absolute Gasteiger partial charge is 0.234 e. The molecule has 1 fully saturated rings. The molecule has 0 spiro atoms. The molecule has 2 N–H and O–H groups in total. The molecule has 0 aromatic carbocycles. The van der Waals surface area contributed by atoms with Gasteiger partial charge in [0.05, 0.1) is 6.54 Å². The molecule has 1 saturated heterocycles. The highest BCUT2D eigenvalue weighted by atomic mass is 16.2. The first-order valence-corrected chi connectivity index (χ1v) is 8.19. The molecule has 1 aliphatic rings. The van der Waals surface area contributed by atoms with Gasteiger partial charge in [-0.1, -0.05) is 26.2 Å². The van der Waals surface area contributed by atoms with Gasteiger partial charge in [0, 0.05) is 24.7 Å². The van der Waals surface area contributed by atoms with Crippen LogP contribution < -0.4 is 10.6 Å². The van der Waals surface area contributed by atoms with Gasteiger partial charge in [0.25, 0.3) is 0 Å². The maximum atomic E-state index is 12.0. The Morgan fingerprint density at radius 1 is 1.30 bits per heavy atom. The second kappa shape index (κ2) is 8.63. The summed E-state index contributed by atoms with van der Waals surface area (Å²) in [6, 6.07) is 0.307. The van der Waals surface area contributed by atoms with Crippen molar-refractivity contribution < 1.29 is 4.79 Å². The van der Waals surface area contributed by atoms with Crippen LogP contribution in [0.1, 0.15) is 59.3 Å². The Hall–Kier alpha value is -0.610. The Morgan fingerprint density at radius 3 is 2.50 bits per heavy atom. The maximum absolute atomic E-state index is 12.0. The maximum Gasteiger partial charge on any atom is 0.234 e. The molecule has 1 rings (SSSR count). The number of piperidine rings is 1. The lowest BCUT2D eigenvalue weighted by Gasteiger charge is -2.39. The highest BCUT2D eigenvalue weighted by Crippen LogP contribution is 2.20. The van der Waals surface area contributed by atoms with Gasteiger partial charge in [-0.15, -0.1) is 0 Å². The van der Waals surface area contributed by atoms with Crippen LogP contribution in [-0.2, 0) is 4.79 Å². The van der Waals surface area contributed by atoms with Crippen LogP contribution in [0.2, 0.25) is 0 Å². The number of likely N-dealkylation sites (tertiary alicyclic amines) is 1. The van der Waals surface area contributed by atoms with E-state index < -0.39 is 0 Å². The van der Waals surface area contributed by atoms with Crippen molar-refractivity contribution in [2.24, 2.45) is 0 Å². The van der Waals surface area contributed by atoms with E-state index in [0.29, 0.717) is 12.6 Å². The van der Waals surface area contributed by atoms with E-state index in [2.05, 4.69) is 36.3 Å². The van der Waals surface area contributed by atoms with Crippen molar-refractivity contribution in [3.63, 3.8) is 0 Å². The summed E-state index contributed by atoms with van der Waals surface area (Å²) in [5.41, 5.74) is 0.250. The zero-order valence-electron chi connectivity index (χ0n) is 13.8. The summed E-state index contributed by atoms with van der Waals surface area (Å²) in [6.45, 7) is 9.16. The van der Waals surface area contributed by atoms with E-state index in [1.807, 2.05) is 7.05 Å². The van der Waals surface area contributed by atoms with Gasteiger partial charge in [-0.3, -0.25) is 9.69 Å². The largest absolute Gasteiger partial charge is 0.353 e. The molecule has 1 amide bonds. The van der Waals surface area contributed by atoms with Crippen molar-refractivity contribution in [3.05, 3.63) is 0 Å².